The third-order valence-corrected chi connectivity index (χ3v) is 3.06. The van der Waals surface area contributed by atoms with Gasteiger partial charge >= 0.3 is 0 Å². The Kier molecular flexibility index (Phi) is 4.85. The van der Waals surface area contributed by atoms with Crippen LogP contribution in [0.4, 0.5) is 5.69 Å². The number of carbonyl (C=O) groups excluding carboxylic acids is 1. The van der Waals surface area contributed by atoms with Crippen LogP contribution in [-0.2, 0) is 11.3 Å². The molecule has 20 heavy (non-hydrogen) atoms. The minimum Gasteiger partial charge on any atom is -0.330 e. The second-order valence-electron chi connectivity index (χ2n) is 4.71. The van der Waals surface area contributed by atoms with Crippen molar-refractivity contribution in [1.29, 1.82) is 0 Å². The summed E-state index contributed by atoms with van der Waals surface area (Å²) in [4.78, 5) is 18.1. The molecule has 0 aliphatic rings. The van der Waals surface area contributed by atoms with E-state index in [2.05, 4.69) is 4.98 Å². The molecule has 1 aromatic heterocycles. The number of pyridine rings is 1. The van der Waals surface area contributed by atoms with Gasteiger partial charge < -0.3 is 10.6 Å². The van der Waals surface area contributed by atoms with Gasteiger partial charge in [0.05, 0.1) is 6.54 Å². The highest BCUT2D eigenvalue weighted by Gasteiger charge is 2.15. The molecule has 1 heterocycles. The van der Waals surface area contributed by atoms with Gasteiger partial charge in [0.2, 0.25) is 5.91 Å². The van der Waals surface area contributed by atoms with Crippen molar-refractivity contribution in [3.05, 3.63) is 59.9 Å². The standard InChI is InChI=1S/C16H19N3O/c1-13-3-2-4-15(11-13)19(16(20)5-8-17)12-14-6-9-18-10-7-14/h2-4,6-7,9-11H,5,8,12,17H2,1H3. The number of benzene rings is 1. The Balaban J connectivity index is 2.27. The second kappa shape index (κ2) is 6.82. The fraction of sp³-hybridized carbons (Fsp3) is 0.250. The van der Waals surface area contributed by atoms with E-state index >= 15 is 0 Å². The van der Waals surface area contributed by atoms with Crippen molar-refractivity contribution in [3.63, 3.8) is 0 Å². The summed E-state index contributed by atoms with van der Waals surface area (Å²) < 4.78 is 0. The van der Waals surface area contributed by atoms with E-state index in [0.717, 1.165) is 16.8 Å². The number of nitrogens with zero attached hydrogens (tertiary/aromatic N) is 2. The maximum Gasteiger partial charge on any atom is 0.228 e. The molecule has 0 fully saturated rings. The summed E-state index contributed by atoms with van der Waals surface area (Å²) in [6, 6.07) is 11.8. The van der Waals surface area contributed by atoms with Gasteiger partial charge in [-0.1, -0.05) is 12.1 Å². The van der Waals surface area contributed by atoms with Crippen LogP contribution in [0, 0.1) is 6.92 Å². The molecule has 0 radical (unpaired) electrons. The average molecular weight is 269 g/mol. The maximum atomic E-state index is 12.3. The molecular formula is C16H19N3O. The first-order chi connectivity index (χ1) is 9.70. The van der Waals surface area contributed by atoms with E-state index in [9.17, 15) is 4.79 Å². The van der Waals surface area contributed by atoms with E-state index in [0.29, 0.717) is 19.5 Å². The fourth-order valence-corrected chi connectivity index (χ4v) is 2.05. The highest BCUT2D eigenvalue weighted by Crippen LogP contribution is 2.19. The van der Waals surface area contributed by atoms with Crippen LogP contribution in [0.5, 0.6) is 0 Å². The van der Waals surface area contributed by atoms with Crippen molar-refractivity contribution in [3.8, 4) is 0 Å². The van der Waals surface area contributed by atoms with Crippen molar-refractivity contribution in [2.45, 2.75) is 19.9 Å². The largest absolute Gasteiger partial charge is 0.330 e. The van der Waals surface area contributed by atoms with Gasteiger partial charge in [-0.05, 0) is 42.3 Å². The van der Waals surface area contributed by atoms with Gasteiger partial charge in [0, 0.05) is 31.0 Å². The molecule has 0 atom stereocenters. The van der Waals surface area contributed by atoms with Crippen molar-refractivity contribution >= 4 is 11.6 Å². The molecule has 2 N–H and O–H groups in total. The summed E-state index contributed by atoms with van der Waals surface area (Å²) in [5, 5.41) is 0. The molecule has 2 rings (SSSR count). The molecule has 1 aromatic carbocycles. The molecule has 0 spiro atoms. The summed E-state index contributed by atoms with van der Waals surface area (Å²) in [7, 11) is 0. The number of anilines is 1. The molecule has 0 saturated heterocycles. The minimum atomic E-state index is 0.0370. The number of nitrogens with two attached hydrogens (primary N) is 1. The monoisotopic (exact) mass is 269 g/mol. The Morgan fingerprint density at radius 3 is 2.65 bits per heavy atom. The molecule has 2 aromatic rings. The van der Waals surface area contributed by atoms with Crippen LogP contribution in [0.3, 0.4) is 0 Å². The number of aryl methyl sites for hydroxylation is 1. The van der Waals surface area contributed by atoms with Gasteiger partial charge in [0.15, 0.2) is 0 Å². The third-order valence-electron chi connectivity index (χ3n) is 3.06. The molecule has 1 amide bonds. The molecule has 104 valence electrons. The lowest BCUT2D eigenvalue weighted by Gasteiger charge is -2.23. The highest BCUT2D eigenvalue weighted by molar-refractivity contribution is 5.93. The lowest BCUT2D eigenvalue weighted by Crippen LogP contribution is -2.31. The van der Waals surface area contributed by atoms with Crippen LogP contribution >= 0.6 is 0 Å². The number of hydrogen-bond donors (Lipinski definition) is 1. The molecule has 0 saturated carbocycles. The van der Waals surface area contributed by atoms with Crippen molar-refractivity contribution in [2.75, 3.05) is 11.4 Å². The molecule has 0 unspecified atom stereocenters. The second-order valence-corrected chi connectivity index (χ2v) is 4.71. The van der Waals surface area contributed by atoms with Crippen LogP contribution in [-0.4, -0.2) is 17.4 Å². The first-order valence-electron chi connectivity index (χ1n) is 6.66. The Morgan fingerprint density at radius 1 is 1.25 bits per heavy atom. The van der Waals surface area contributed by atoms with Crippen LogP contribution in [0.15, 0.2) is 48.8 Å². The lowest BCUT2D eigenvalue weighted by molar-refractivity contribution is -0.118. The minimum absolute atomic E-state index is 0.0370. The maximum absolute atomic E-state index is 12.3. The molecule has 0 aliphatic carbocycles. The van der Waals surface area contributed by atoms with E-state index < -0.39 is 0 Å². The fourth-order valence-electron chi connectivity index (χ4n) is 2.05. The summed E-state index contributed by atoms with van der Waals surface area (Å²) in [6.07, 6.45) is 3.81. The van der Waals surface area contributed by atoms with Gasteiger partial charge in [-0.2, -0.15) is 0 Å². The zero-order chi connectivity index (χ0) is 14.4. The first-order valence-corrected chi connectivity index (χ1v) is 6.66. The van der Waals surface area contributed by atoms with Crippen LogP contribution in [0.25, 0.3) is 0 Å². The summed E-state index contributed by atoms with van der Waals surface area (Å²) in [5.74, 6) is 0.0370. The Bertz CT molecular complexity index is 569. The summed E-state index contributed by atoms with van der Waals surface area (Å²) in [5.41, 5.74) is 8.59. The van der Waals surface area contributed by atoms with E-state index in [1.165, 1.54) is 0 Å². The van der Waals surface area contributed by atoms with Crippen LogP contribution in [0.1, 0.15) is 17.5 Å². The Labute approximate surface area is 119 Å². The number of carbonyl (C=O) groups is 1. The predicted molar refractivity (Wildman–Crippen MR) is 80.3 cm³/mol. The van der Waals surface area contributed by atoms with E-state index in [-0.39, 0.29) is 5.91 Å². The smallest absolute Gasteiger partial charge is 0.228 e. The van der Waals surface area contributed by atoms with E-state index in [4.69, 9.17) is 5.73 Å². The van der Waals surface area contributed by atoms with Crippen molar-refractivity contribution in [2.24, 2.45) is 5.73 Å². The van der Waals surface area contributed by atoms with Crippen molar-refractivity contribution in [1.82, 2.24) is 4.98 Å². The van der Waals surface area contributed by atoms with Gasteiger partial charge in [-0.15, -0.1) is 0 Å². The average Bonchev–Trinajstić information content (AvgIpc) is 2.46. The van der Waals surface area contributed by atoms with E-state index in [1.54, 1.807) is 17.3 Å². The van der Waals surface area contributed by atoms with Crippen LogP contribution in [0.2, 0.25) is 0 Å². The topological polar surface area (TPSA) is 59.2 Å². The normalized spacial score (nSPS) is 10.3. The molecular weight excluding hydrogens is 250 g/mol. The lowest BCUT2D eigenvalue weighted by atomic mass is 10.1. The third kappa shape index (κ3) is 3.65. The van der Waals surface area contributed by atoms with Gasteiger partial charge in [-0.25, -0.2) is 0 Å². The first kappa shape index (κ1) is 14.2. The molecule has 4 heteroatoms. The number of hydrogen-bond acceptors (Lipinski definition) is 3. The van der Waals surface area contributed by atoms with Crippen LogP contribution < -0.4 is 10.6 Å². The SMILES string of the molecule is Cc1cccc(N(Cc2ccncc2)C(=O)CCN)c1. The number of rotatable bonds is 5. The predicted octanol–water partition coefficient (Wildman–Crippen LogP) is 2.27. The highest BCUT2D eigenvalue weighted by atomic mass is 16.2. The molecule has 0 aliphatic heterocycles. The zero-order valence-electron chi connectivity index (χ0n) is 11.6. The van der Waals surface area contributed by atoms with E-state index in [1.807, 2.05) is 43.3 Å². The zero-order valence-corrected chi connectivity index (χ0v) is 11.6. The Morgan fingerprint density at radius 2 is 2.00 bits per heavy atom. The summed E-state index contributed by atoms with van der Waals surface area (Å²) in [6.45, 7) is 2.91. The number of aromatic nitrogens is 1. The number of amides is 1. The van der Waals surface area contributed by atoms with Gasteiger partial charge in [-0.3, -0.25) is 9.78 Å². The summed E-state index contributed by atoms with van der Waals surface area (Å²) >= 11 is 0. The Hall–Kier alpha value is -2.20. The van der Waals surface area contributed by atoms with Crippen molar-refractivity contribution < 1.29 is 4.79 Å². The van der Waals surface area contributed by atoms with Gasteiger partial charge in [0.1, 0.15) is 0 Å². The quantitative estimate of drug-likeness (QED) is 0.905. The molecule has 4 nitrogen and oxygen atoms in total. The van der Waals surface area contributed by atoms with Gasteiger partial charge in [0.25, 0.3) is 0 Å². The molecule has 0 bridgehead atoms.